The summed E-state index contributed by atoms with van der Waals surface area (Å²) >= 11 is 13.1. The predicted octanol–water partition coefficient (Wildman–Crippen LogP) is 4.39. The molecule has 1 N–H and O–H groups in total. The number of amides is 1. The van der Waals surface area contributed by atoms with Gasteiger partial charge in [0.05, 0.1) is 6.07 Å². The topological polar surface area (TPSA) is 29.1 Å². The number of carbonyl (C=O) groups excluding carboxylic acids is 1. The number of hydrogen-bond donors (Lipinski definition) is 1. The van der Waals surface area contributed by atoms with Crippen LogP contribution in [0.3, 0.4) is 0 Å². The van der Waals surface area contributed by atoms with Crippen molar-refractivity contribution in [1.29, 1.82) is 0 Å². The summed E-state index contributed by atoms with van der Waals surface area (Å²) in [5.74, 6) is -0.0863. The van der Waals surface area contributed by atoms with Crippen LogP contribution < -0.4 is 5.32 Å². The van der Waals surface area contributed by atoms with E-state index < -0.39 is 0 Å². The van der Waals surface area contributed by atoms with E-state index in [-0.39, 0.29) is 5.91 Å². The van der Waals surface area contributed by atoms with Gasteiger partial charge in [0, 0.05) is 11.6 Å². The molecule has 1 aromatic rings. The van der Waals surface area contributed by atoms with E-state index in [4.69, 9.17) is 11.6 Å². The maximum Gasteiger partial charge on any atom is 0.259 e. The zero-order valence-corrected chi connectivity index (χ0v) is 14.6. The van der Waals surface area contributed by atoms with Crippen molar-refractivity contribution in [2.24, 2.45) is 0 Å². The lowest BCUT2D eigenvalue weighted by atomic mass is 10.2. The average Bonchev–Trinajstić information content (AvgIpc) is 2.26. The summed E-state index contributed by atoms with van der Waals surface area (Å²) in [5.41, 5.74) is 1.02. The van der Waals surface area contributed by atoms with Gasteiger partial charge in [-0.25, -0.2) is 0 Å². The van der Waals surface area contributed by atoms with Gasteiger partial charge in [0.15, 0.2) is 0 Å². The number of rotatable bonds is 3. The first-order chi connectivity index (χ1) is 7.50. The minimum Gasteiger partial charge on any atom is -0.348 e. The SMILES string of the molecule is O=C(NCc1ccc(Cl)cc1)/C(I)=C(\Br)I. The number of hydrogen-bond acceptors (Lipinski definition) is 1. The van der Waals surface area contributed by atoms with Gasteiger partial charge in [-0.2, -0.15) is 0 Å². The lowest BCUT2D eigenvalue weighted by Crippen LogP contribution is -2.22. The van der Waals surface area contributed by atoms with E-state index in [1.54, 1.807) is 12.1 Å². The second-order valence-electron chi connectivity index (χ2n) is 2.88. The fraction of sp³-hybridized carbons (Fsp3) is 0.100. The molecule has 0 unspecified atom stereocenters. The Kier molecular flexibility index (Phi) is 6.60. The van der Waals surface area contributed by atoms with E-state index in [1.165, 1.54) is 0 Å². The number of benzene rings is 1. The second kappa shape index (κ2) is 7.17. The van der Waals surface area contributed by atoms with Crippen molar-refractivity contribution in [3.8, 4) is 0 Å². The molecule has 6 heteroatoms. The molecule has 0 heterocycles. The highest BCUT2D eigenvalue weighted by atomic mass is 127. The van der Waals surface area contributed by atoms with Crippen LogP contribution in [0.4, 0.5) is 0 Å². The summed E-state index contributed by atoms with van der Waals surface area (Å²) in [5, 5.41) is 3.51. The first kappa shape index (κ1) is 14.7. The summed E-state index contributed by atoms with van der Waals surface area (Å²) in [7, 11) is 0. The maximum absolute atomic E-state index is 11.6. The van der Waals surface area contributed by atoms with Crippen molar-refractivity contribution < 1.29 is 4.79 Å². The molecule has 86 valence electrons. The first-order valence-electron chi connectivity index (χ1n) is 4.24. The first-order valence-corrected chi connectivity index (χ1v) is 7.57. The smallest absolute Gasteiger partial charge is 0.259 e. The fourth-order valence-corrected chi connectivity index (χ4v) is 1.69. The Morgan fingerprint density at radius 2 is 1.88 bits per heavy atom. The molecule has 2 nitrogen and oxygen atoms in total. The van der Waals surface area contributed by atoms with Crippen LogP contribution in [-0.4, -0.2) is 5.91 Å². The molecule has 1 amide bonds. The highest BCUT2D eigenvalue weighted by Gasteiger charge is 2.08. The lowest BCUT2D eigenvalue weighted by Gasteiger charge is -2.05. The minimum absolute atomic E-state index is 0.0863. The van der Waals surface area contributed by atoms with Gasteiger partial charge in [-0.1, -0.05) is 23.7 Å². The van der Waals surface area contributed by atoms with E-state index in [1.807, 2.05) is 34.7 Å². The highest BCUT2D eigenvalue weighted by molar-refractivity contribution is 14.1. The molecule has 0 aliphatic rings. The number of nitrogens with one attached hydrogen (secondary N) is 1. The van der Waals surface area contributed by atoms with Crippen LogP contribution in [0.1, 0.15) is 5.56 Å². The van der Waals surface area contributed by atoms with Crippen LogP contribution in [0.5, 0.6) is 0 Å². The molecule has 0 aromatic heterocycles. The van der Waals surface area contributed by atoms with Crippen LogP contribution in [0, 0.1) is 0 Å². The molecule has 0 saturated carbocycles. The molecule has 0 aliphatic carbocycles. The fourth-order valence-electron chi connectivity index (χ4n) is 0.948. The summed E-state index contributed by atoms with van der Waals surface area (Å²) in [6, 6.07) is 7.38. The van der Waals surface area contributed by atoms with Crippen molar-refractivity contribution in [2.45, 2.75) is 6.54 Å². The summed E-state index contributed by atoms with van der Waals surface area (Å²) in [6.45, 7) is 0.499. The molecule has 16 heavy (non-hydrogen) atoms. The van der Waals surface area contributed by atoms with E-state index in [0.717, 1.165) is 8.05 Å². The van der Waals surface area contributed by atoms with Gasteiger partial charge in [-0.3, -0.25) is 4.79 Å². The third-order valence-electron chi connectivity index (χ3n) is 1.73. The van der Waals surface area contributed by atoms with E-state index in [9.17, 15) is 4.79 Å². The van der Waals surface area contributed by atoms with Gasteiger partial charge in [0.2, 0.25) is 0 Å². The largest absolute Gasteiger partial charge is 0.348 e. The van der Waals surface area contributed by atoms with E-state index in [0.29, 0.717) is 15.1 Å². The molecule has 0 bridgehead atoms. The zero-order valence-electron chi connectivity index (χ0n) is 7.94. The third kappa shape index (κ3) is 4.89. The monoisotopic (exact) mass is 525 g/mol. The van der Waals surface area contributed by atoms with Gasteiger partial charge in [0.1, 0.15) is 0 Å². The molecule has 0 saturated heterocycles. The van der Waals surface area contributed by atoms with Crippen molar-refractivity contribution >= 4 is 78.6 Å². The van der Waals surface area contributed by atoms with Gasteiger partial charge in [-0.15, -0.1) is 0 Å². The van der Waals surface area contributed by atoms with E-state index in [2.05, 4.69) is 43.8 Å². The maximum atomic E-state index is 11.6. The Balaban J connectivity index is 2.56. The van der Waals surface area contributed by atoms with Gasteiger partial charge >= 0.3 is 0 Å². The van der Waals surface area contributed by atoms with Crippen LogP contribution in [0.25, 0.3) is 0 Å². The summed E-state index contributed by atoms with van der Waals surface area (Å²) < 4.78 is 1.45. The summed E-state index contributed by atoms with van der Waals surface area (Å²) in [4.78, 5) is 11.6. The second-order valence-corrected chi connectivity index (χ2v) is 7.75. The third-order valence-corrected chi connectivity index (χ3v) is 5.72. The molecule has 0 radical (unpaired) electrons. The van der Waals surface area contributed by atoms with Crippen molar-refractivity contribution in [3.63, 3.8) is 0 Å². The van der Waals surface area contributed by atoms with E-state index >= 15 is 0 Å². The molecular weight excluding hydrogens is 519 g/mol. The molecular formula is C10H7BrClI2NO. The molecule has 0 aliphatic heterocycles. The zero-order chi connectivity index (χ0) is 12.1. The highest BCUT2D eigenvalue weighted by Crippen LogP contribution is 2.24. The molecule has 0 atom stereocenters. The van der Waals surface area contributed by atoms with Crippen molar-refractivity contribution in [1.82, 2.24) is 5.32 Å². The van der Waals surface area contributed by atoms with Crippen LogP contribution >= 0.6 is 72.7 Å². The average molecular weight is 526 g/mol. The molecule has 0 fully saturated rings. The van der Waals surface area contributed by atoms with Gasteiger partial charge < -0.3 is 5.32 Å². The summed E-state index contributed by atoms with van der Waals surface area (Å²) in [6.07, 6.45) is 0. The predicted molar refractivity (Wildman–Crippen MR) is 87.3 cm³/mol. The van der Waals surface area contributed by atoms with Crippen molar-refractivity contribution in [2.75, 3.05) is 0 Å². The van der Waals surface area contributed by atoms with Crippen LogP contribution in [0.15, 0.2) is 30.3 Å². The van der Waals surface area contributed by atoms with Gasteiger partial charge in [-0.05, 0) is 78.8 Å². The Morgan fingerprint density at radius 1 is 1.31 bits per heavy atom. The van der Waals surface area contributed by atoms with Crippen LogP contribution in [0.2, 0.25) is 5.02 Å². The normalized spacial score (nSPS) is 12.0. The number of halogens is 4. The standard InChI is InChI=1S/C10H7BrClI2NO/c11-9(14)8(13)10(16)15-5-6-1-3-7(12)4-2-6/h1-4H,5H2,(H,15,16)/b9-8-. The minimum atomic E-state index is -0.0863. The Labute approximate surface area is 135 Å². The van der Waals surface area contributed by atoms with Crippen molar-refractivity contribution in [3.05, 3.63) is 40.9 Å². The van der Waals surface area contributed by atoms with Gasteiger partial charge in [0.25, 0.3) is 5.91 Å². The molecule has 1 rings (SSSR count). The quantitative estimate of drug-likeness (QED) is 0.460. The number of carbonyl (C=O) groups is 1. The lowest BCUT2D eigenvalue weighted by molar-refractivity contribution is -0.116. The Hall–Kier alpha value is 0.660. The molecule has 1 aromatic carbocycles. The van der Waals surface area contributed by atoms with Crippen LogP contribution in [-0.2, 0) is 11.3 Å². The molecule has 0 spiro atoms. The Morgan fingerprint density at radius 3 is 2.38 bits per heavy atom. The Bertz CT molecular complexity index is 415.